The smallest absolute Gasteiger partial charge is 0.245 e. The zero-order chi connectivity index (χ0) is 22.7. The normalized spacial score (nSPS) is 20.4. The van der Waals surface area contributed by atoms with Crippen molar-refractivity contribution in [3.8, 4) is 5.75 Å². The minimum Gasteiger partial charge on any atom is -0.497 e. The van der Waals surface area contributed by atoms with E-state index in [0.717, 1.165) is 37.1 Å². The van der Waals surface area contributed by atoms with E-state index in [0.29, 0.717) is 18.8 Å². The first-order valence-electron chi connectivity index (χ1n) is 11.1. The van der Waals surface area contributed by atoms with Crippen molar-refractivity contribution in [3.63, 3.8) is 0 Å². The number of piperidine rings is 1. The van der Waals surface area contributed by atoms with E-state index < -0.39 is 16.2 Å². The second-order valence-electron chi connectivity index (χ2n) is 8.50. The van der Waals surface area contributed by atoms with Gasteiger partial charge in [-0.3, -0.25) is 9.69 Å². The van der Waals surface area contributed by atoms with Crippen molar-refractivity contribution in [1.82, 2.24) is 14.1 Å². The molecule has 2 heterocycles. The molecule has 1 atom stereocenters. The number of ether oxygens (including phenoxy) is 1. The van der Waals surface area contributed by atoms with Crippen LogP contribution in [-0.2, 0) is 14.8 Å². The lowest BCUT2D eigenvalue weighted by atomic mass is 10.1. The Kier molecular flexibility index (Phi) is 6.83. The average molecular weight is 458 g/mol. The summed E-state index contributed by atoms with van der Waals surface area (Å²) >= 11 is 0. The van der Waals surface area contributed by atoms with Crippen molar-refractivity contribution in [2.24, 2.45) is 0 Å². The molecular weight excluding hydrogens is 426 g/mol. The van der Waals surface area contributed by atoms with Crippen LogP contribution in [0, 0.1) is 6.92 Å². The summed E-state index contributed by atoms with van der Waals surface area (Å²) in [6.07, 6.45) is 2.72. The van der Waals surface area contributed by atoms with Crippen LogP contribution in [0.2, 0.25) is 0 Å². The molecule has 1 unspecified atom stereocenters. The fourth-order valence-electron chi connectivity index (χ4n) is 4.49. The molecule has 172 valence electrons. The Labute approximate surface area is 190 Å². The molecule has 8 heteroatoms. The van der Waals surface area contributed by atoms with Gasteiger partial charge in [0, 0.05) is 13.1 Å². The number of hydrogen-bond acceptors (Lipinski definition) is 5. The lowest BCUT2D eigenvalue weighted by Gasteiger charge is -2.33. The summed E-state index contributed by atoms with van der Waals surface area (Å²) in [5.74, 6) is 0.653. The molecule has 2 saturated heterocycles. The highest BCUT2D eigenvalue weighted by Gasteiger charge is 2.43. The number of sulfonamides is 1. The SMILES string of the molecule is COc1ccc(C2N(C(=O)CN3CCCCC3)CCN2S(=O)(=O)c2ccc(C)cc2)cc1. The van der Waals surface area contributed by atoms with Gasteiger partial charge in [-0.05, 0) is 62.7 Å². The Morgan fingerprint density at radius 2 is 1.59 bits per heavy atom. The van der Waals surface area contributed by atoms with E-state index >= 15 is 0 Å². The third kappa shape index (κ3) is 4.67. The van der Waals surface area contributed by atoms with Gasteiger partial charge in [0.2, 0.25) is 15.9 Å². The van der Waals surface area contributed by atoms with Gasteiger partial charge in [0.05, 0.1) is 18.6 Å². The number of carbonyl (C=O) groups is 1. The molecule has 0 radical (unpaired) electrons. The summed E-state index contributed by atoms with van der Waals surface area (Å²) in [7, 11) is -2.18. The van der Waals surface area contributed by atoms with Crippen molar-refractivity contribution in [1.29, 1.82) is 0 Å². The number of aryl methyl sites for hydroxylation is 1. The minimum absolute atomic E-state index is 0.0330. The Hall–Kier alpha value is -2.42. The maximum Gasteiger partial charge on any atom is 0.245 e. The molecule has 2 aromatic rings. The van der Waals surface area contributed by atoms with E-state index in [-0.39, 0.29) is 17.3 Å². The molecule has 2 aromatic carbocycles. The molecule has 0 aromatic heterocycles. The molecule has 2 aliphatic rings. The molecule has 0 spiro atoms. The molecule has 2 aliphatic heterocycles. The number of benzene rings is 2. The number of rotatable bonds is 6. The Morgan fingerprint density at radius 3 is 2.22 bits per heavy atom. The summed E-state index contributed by atoms with van der Waals surface area (Å²) in [4.78, 5) is 17.4. The number of nitrogens with zero attached hydrogens (tertiary/aromatic N) is 3. The molecular formula is C24H31N3O4S. The van der Waals surface area contributed by atoms with E-state index in [1.165, 1.54) is 10.7 Å². The van der Waals surface area contributed by atoms with Crippen LogP contribution in [0.1, 0.15) is 36.6 Å². The second-order valence-corrected chi connectivity index (χ2v) is 10.4. The number of likely N-dealkylation sites (tertiary alicyclic amines) is 1. The van der Waals surface area contributed by atoms with Gasteiger partial charge in [0.25, 0.3) is 0 Å². The molecule has 2 fully saturated rings. The van der Waals surface area contributed by atoms with Gasteiger partial charge in [-0.1, -0.05) is 36.2 Å². The van der Waals surface area contributed by atoms with Gasteiger partial charge < -0.3 is 9.64 Å². The van der Waals surface area contributed by atoms with Crippen LogP contribution in [-0.4, -0.2) is 68.3 Å². The summed E-state index contributed by atoms with van der Waals surface area (Å²) in [6, 6.07) is 14.1. The summed E-state index contributed by atoms with van der Waals surface area (Å²) in [6.45, 7) is 4.71. The van der Waals surface area contributed by atoms with Crippen LogP contribution in [0.4, 0.5) is 0 Å². The average Bonchev–Trinajstić information content (AvgIpc) is 3.26. The van der Waals surface area contributed by atoms with Gasteiger partial charge in [-0.2, -0.15) is 4.31 Å². The fraction of sp³-hybridized carbons (Fsp3) is 0.458. The molecule has 0 N–H and O–H groups in total. The second kappa shape index (κ2) is 9.60. The largest absolute Gasteiger partial charge is 0.497 e. The quantitative estimate of drug-likeness (QED) is 0.667. The minimum atomic E-state index is -3.77. The van der Waals surface area contributed by atoms with Gasteiger partial charge in [0.1, 0.15) is 11.9 Å². The first-order valence-corrected chi connectivity index (χ1v) is 12.6. The Morgan fingerprint density at radius 1 is 0.938 bits per heavy atom. The number of methoxy groups -OCH3 is 1. The lowest BCUT2D eigenvalue weighted by molar-refractivity contribution is -0.134. The molecule has 32 heavy (non-hydrogen) atoms. The van der Waals surface area contributed by atoms with Gasteiger partial charge in [-0.25, -0.2) is 8.42 Å². The topological polar surface area (TPSA) is 70.2 Å². The zero-order valence-electron chi connectivity index (χ0n) is 18.7. The van der Waals surface area contributed by atoms with E-state index in [4.69, 9.17) is 4.74 Å². The van der Waals surface area contributed by atoms with Crippen molar-refractivity contribution in [2.45, 2.75) is 37.2 Å². The standard InChI is InChI=1S/C24H31N3O4S/c1-19-6-12-22(13-7-19)32(29,30)27-17-16-26(23(28)18-25-14-4-3-5-15-25)24(27)20-8-10-21(31-2)11-9-20/h6-13,24H,3-5,14-18H2,1-2H3. The van der Waals surface area contributed by atoms with E-state index in [2.05, 4.69) is 4.90 Å². The maximum atomic E-state index is 13.6. The third-order valence-electron chi connectivity index (χ3n) is 6.30. The van der Waals surface area contributed by atoms with E-state index in [1.54, 1.807) is 48.4 Å². The Bertz CT molecular complexity index is 1030. The van der Waals surface area contributed by atoms with Crippen LogP contribution in [0.3, 0.4) is 0 Å². The molecule has 0 bridgehead atoms. The molecule has 0 aliphatic carbocycles. The van der Waals surface area contributed by atoms with E-state index in [9.17, 15) is 13.2 Å². The van der Waals surface area contributed by atoms with Crippen molar-refractivity contribution < 1.29 is 17.9 Å². The van der Waals surface area contributed by atoms with Crippen LogP contribution in [0.5, 0.6) is 5.75 Å². The van der Waals surface area contributed by atoms with Gasteiger partial charge >= 0.3 is 0 Å². The zero-order valence-corrected chi connectivity index (χ0v) is 19.6. The molecule has 1 amide bonds. The number of hydrogen-bond donors (Lipinski definition) is 0. The fourth-order valence-corrected chi connectivity index (χ4v) is 6.06. The molecule has 0 saturated carbocycles. The predicted octanol–water partition coefficient (Wildman–Crippen LogP) is 3.02. The number of amides is 1. The number of carbonyl (C=O) groups excluding carboxylic acids is 1. The van der Waals surface area contributed by atoms with Crippen molar-refractivity contribution >= 4 is 15.9 Å². The van der Waals surface area contributed by atoms with Crippen LogP contribution in [0.15, 0.2) is 53.4 Å². The predicted molar refractivity (Wildman–Crippen MR) is 123 cm³/mol. The summed E-state index contributed by atoms with van der Waals surface area (Å²) in [5.41, 5.74) is 1.75. The monoisotopic (exact) mass is 457 g/mol. The highest BCUT2D eigenvalue weighted by Crippen LogP contribution is 2.36. The first-order chi connectivity index (χ1) is 15.4. The maximum absolute atomic E-state index is 13.6. The first kappa shape index (κ1) is 22.8. The van der Waals surface area contributed by atoms with Crippen molar-refractivity contribution in [3.05, 3.63) is 59.7 Å². The Balaban J connectivity index is 1.66. The molecule has 4 rings (SSSR count). The van der Waals surface area contributed by atoms with Gasteiger partial charge in [0.15, 0.2) is 0 Å². The van der Waals surface area contributed by atoms with Crippen LogP contribution >= 0.6 is 0 Å². The van der Waals surface area contributed by atoms with E-state index in [1.807, 2.05) is 19.1 Å². The highest BCUT2D eigenvalue weighted by molar-refractivity contribution is 7.89. The van der Waals surface area contributed by atoms with Crippen LogP contribution < -0.4 is 4.74 Å². The highest BCUT2D eigenvalue weighted by atomic mass is 32.2. The molecule has 7 nitrogen and oxygen atoms in total. The summed E-state index contributed by atoms with van der Waals surface area (Å²) in [5, 5.41) is 0. The van der Waals surface area contributed by atoms with Crippen LogP contribution in [0.25, 0.3) is 0 Å². The van der Waals surface area contributed by atoms with Crippen molar-refractivity contribution in [2.75, 3.05) is 39.8 Å². The summed E-state index contributed by atoms with van der Waals surface area (Å²) < 4.78 is 33.8. The van der Waals surface area contributed by atoms with Gasteiger partial charge in [-0.15, -0.1) is 0 Å². The lowest BCUT2D eigenvalue weighted by Crippen LogP contribution is -2.44. The third-order valence-corrected chi connectivity index (χ3v) is 8.17.